The molecule has 1 unspecified atom stereocenters. The molecule has 2 fully saturated rings. The molecule has 9 heteroatoms. The first-order chi connectivity index (χ1) is 20.7. The average Bonchev–Trinajstić information content (AvgIpc) is 3.36. The summed E-state index contributed by atoms with van der Waals surface area (Å²) in [5.41, 5.74) is 1.30. The summed E-state index contributed by atoms with van der Waals surface area (Å²) in [6.07, 6.45) is -0.406. The van der Waals surface area contributed by atoms with Gasteiger partial charge in [-0.1, -0.05) is 66.2 Å². The Labute approximate surface area is 256 Å². The fraction of sp³-hybridized carbons (Fsp3) is 0.412. The molecule has 0 N–H and O–H groups in total. The van der Waals surface area contributed by atoms with E-state index in [-0.39, 0.29) is 36.9 Å². The third-order valence-electron chi connectivity index (χ3n) is 8.56. The number of piperidine rings is 1. The first-order valence-corrected chi connectivity index (χ1v) is 15.3. The van der Waals surface area contributed by atoms with E-state index in [0.717, 1.165) is 51.4 Å². The molecule has 0 bridgehead atoms. The number of halogens is 4. The van der Waals surface area contributed by atoms with Crippen LogP contribution in [0.3, 0.4) is 0 Å². The Kier molecular flexibility index (Phi) is 10.1. The van der Waals surface area contributed by atoms with Gasteiger partial charge in [-0.05, 0) is 86.6 Å². The van der Waals surface area contributed by atoms with E-state index in [1.54, 1.807) is 23.1 Å². The van der Waals surface area contributed by atoms with Gasteiger partial charge in [0, 0.05) is 36.8 Å². The van der Waals surface area contributed by atoms with Gasteiger partial charge >= 0.3 is 6.18 Å². The van der Waals surface area contributed by atoms with Crippen molar-refractivity contribution in [1.29, 1.82) is 0 Å². The Morgan fingerprint density at radius 3 is 2.40 bits per heavy atom. The van der Waals surface area contributed by atoms with Gasteiger partial charge in [0.2, 0.25) is 11.8 Å². The molecule has 0 aliphatic carbocycles. The van der Waals surface area contributed by atoms with Crippen LogP contribution in [0.5, 0.6) is 0 Å². The predicted molar refractivity (Wildman–Crippen MR) is 163 cm³/mol. The molecule has 5 nitrogen and oxygen atoms in total. The predicted octanol–water partition coefficient (Wildman–Crippen LogP) is 7.09. The lowest BCUT2D eigenvalue weighted by Crippen LogP contribution is -2.40. The molecule has 3 aromatic carbocycles. The zero-order valence-corrected chi connectivity index (χ0v) is 24.9. The van der Waals surface area contributed by atoms with Crippen LogP contribution in [0.1, 0.15) is 42.4 Å². The number of hydrogen-bond acceptors (Lipinski definition) is 3. The lowest BCUT2D eigenvalue weighted by atomic mass is 9.90. The molecule has 5 rings (SSSR count). The van der Waals surface area contributed by atoms with Crippen LogP contribution in [0.2, 0.25) is 5.02 Å². The minimum Gasteiger partial charge on any atom is -0.338 e. The summed E-state index contributed by atoms with van der Waals surface area (Å²) in [4.78, 5) is 32.2. The number of rotatable bonds is 10. The topological polar surface area (TPSA) is 43.9 Å². The van der Waals surface area contributed by atoms with E-state index in [0.29, 0.717) is 23.2 Å². The third kappa shape index (κ3) is 8.18. The van der Waals surface area contributed by atoms with Crippen LogP contribution >= 0.6 is 11.6 Å². The van der Waals surface area contributed by atoms with Crippen LogP contribution in [0.4, 0.5) is 18.9 Å². The second kappa shape index (κ2) is 14.0. The number of carbonyl (C=O) groups is 2. The number of hydrogen-bond donors (Lipinski definition) is 0. The molecule has 0 saturated carbocycles. The zero-order chi connectivity index (χ0) is 30.4. The lowest BCUT2D eigenvalue weighted by Gasteiger charge is -2.33. The van der Waals surface area contributed by atoms with Crippen molar-refractivity contribution in [3.8, 4) is 0 Å². The van der Waals surface area contributed by atoms with Crippen molar-refractivity contribution < 1.29 is 22.8 Å². The maximum Gasteiger partial charge on any atom is 0.416 e. The van der Waals surface area contributed by atoms with Gasteiger partial charge in [0.1, 0.15) is 0 Å². The van der Waals surface area contributed by atoms with E-state index < -0.39 is 17.7 Å². The number of anilines is 1. The standard InChI is InChI=1S/C34H37ClF3N3O2/c35-29-11-6-12-30(22-29)41(17-7-16-39-18-14-26(15-19-39)20-25-8-2-1-3-9-25)33(43)28-21-32(42)40(24-28)23-27-10-4-5-13-31(27)34(36,37)38/h1-6,8-13,22,26,28H,7,14-21,23-24H2. The summed E-state index contributed by atoms with van der Waals surface area (Å²) in [6, 6.07) is 22.9. The molecule has 3 aromatic rings. The van der Waals surface area contributed by atoms with Gasteiger partial charge in [0.25, 0.3) is 0 Å². The monoisotopic (exact) mass is 611 g/mol. The number of alkyl halides is 3. The maximum atomic E-state index is 13.8. The van der Waals surface area contributed by atoms with Crippen LogP contribution in [0, 0.1) is 11.8 Å². The van der Waals surface area contributed by atoms with Gasteiger partial charge in [0.15, 0.2) is 0 Å². The van der Waals surface area contributed by atoms with Crippen LogP contribution in [-0.2, 0) is 28.7 Å². The third-order valence-corrected chi connectivity index (χ3v) is 8.80. The summed E-state index contributed by atoms with van der Waals surface area (Å²) in [6.45, 7) is 3.25. The van der Waals surface area contributed by atoms with E-state index >= 15 is 0 Å². The van der Waals surface area contributed by atoms with Crippen molar-refractivity contribution in [1.82, 2.24) is 9.80 Å². The van der Waals surface area contributed by atoms with Gasteiger partial charge in [-0.25, -0.2) is 0 Å². The van der Waals surface area contributed by atoms with Crippen molar-refractivity contribution >= 4 is 29.1 Å². The van der Waals surface area contributed by atoms with E-state index in [1.165, 1.54) is 28.7 Å². The van der Waals surface area contributed by atoms with Gasteiger partial charge in [-0.15, -0.1) is 0 Å². The molecule has 43 heavy (non-hydrogen) atoms. The van der Waals surface area contributed by atoms with Crippen LogP contribution in [0.15, 0.2) is 78.9 Å². The summed E-state index contributed by atoms with van der Waals surface area (Å²) in [5.74, 6) is -0.490. The zero-order valence-electron chi connectivity index (χ0n) is 24.1. The highest BCUT2D eigenvalue weighted by atomic mass is 35.5. The molecule has 1 atom stereocenters. The van der Waals surface area contributed by atoms with Crippen LogP contribution < -0.4 is 4.90 Å². The molecule has 2 aliphatic rings. The first kappa shape index (κ1) is 31.1. The van der Waals surface area contributed by atoms with Crippen molar-refractivity contribution in [2.24, 2.45) is 11.8 Å². The molecule has 0 radical (unpaired) electrons. The highest BCUT2D eigenvalue weighted by molar-refractivity contribution is 6.30. The van der Waals surface area contributed by atoms with Gasteiger partial charge in [-0.3, -0.25) is 9.59 Å². The number of likely N-dealkylation sites (tertiary alicyclic amines) is 2. The van der Waals surface area contributed by atoms with Gasteiger partial charge in [-0.2, -0.15) is 13.2 Å². The number of carbonyl (C=O) groups excluding carboxylic acids is 2. The average molecular weight is 612 g/mol. The Balaban J connectivity index is 1.19. The Hall–Kier alpha value is -3.36. The van der Waals surface area contributed by atoms with E-state index in [2.05, 4.69) is 29.2 Å². The summed E-state index contributed by atoms with van der Waals surface area (Å²) >= 11 is 6.27. The van der Waals surface area contributed by atoms with E-state index in [9.17, 15) is 22.8 Å². The molecular formula is C34H37ClF3N3O2. The lowest BCUT2D eigenvalue weighted by molar-refractivity contribution is -0.139. The minimum atomic E-state index is -4.52. The molecule has 2 heterocycles. The van der Waals surface area contributed by atoms with Gasteiger partial charge < -0.3 is 14.7 Å². The van der Waals surface area contributed by atoms with Crippen molar-refractivity contribution in [3.63, 3.8) is 0 Å². The normalized spacial score (nSPS) is 18.3. The van der Waals surface area contributed by atoms with Crippen molar-refractivity contribution in [3.05, 3.63) is 101 Å². The van der Waals surface area contributed by atoms with Crippen molar-refractivity contribution in [2.75, 3.05) is 37.6 Å². The molecule has 2 aliphatic heterocycles. The minimum absolute atomic E-state index is 0.0238. The molecule has 2 saturated heterocycles. The quantitative estimate of drug-likeness (QED) is 0.246. The van der Waals surface area contributed by atoms with Gasteiger partial charge in [0.05, 0.1) is 11.5 Å². The highest BCUT2D eigenvalue weighted by Crippen LogP contribution is 2.34. The largest absolute Gasteiger partial charge is 0.416 e. The highest BCUT2D eigenvalue weighted by Gasteiger charge is 2.39. The van der Waals surface area contributed by atoms with Crippen LogP contribution in [-0.4, -0.2) is 54.3 Å². The molecule has 228 valence electrons. The Morgan fingerprint density at radius 2 is 1.67 bits per heavy atom. The Bertz CT molecular complexity index is 1390. The number of nitrogens with zero attached hydrogens (tertiary/aromatic N) is 3. The summed E-state index contributed by atoms with van der Waals surface area (Å²) in [5, 5.41) is 0.503. The molecular weight excluding hydrogens is 575 g/mol. The summed E-state index contributed by atoms with van der Waals surface area (Å²) < 4.78 is 40.6. The fourth-order valence-corrected chi connectivity index (χ4v) is 6.46. The molecule has 0 aromatic heterocycles. The molecule has 2 amide bonds. The maximum absolute atomic E-state index is 13.8. The van der Waals surface area contributed by atoms with Crippen molar-refractivity contribution in [2.45, 2.75) is 44.8 Å². The molecule has 0 spiro atoms. The van der Waals surface area contributed by atoms with Crippen LogP contribution in [0.25, 0.3) is 0 Å². The smallest absolute Gasteiger partial charge is 0.338 e. The number of benzene rings is 3. The fourth-order valence-electron chi connectivity index (χ4n) is 6.28. The Morgan fingerprint density at radius 1 is 0.953 bits per heavy atom. The van der Waals surface area contributed by atoms with E-state index in [4.69, 9.17) is 11.6 Å². The number of amides is 2. The second-order valence-electron chi connectivity index (χ2n) is 11.6. The SMILES string of the molecule is O=C1CC(C(=O)N(CCCN2CCC(Cc3ccccc3)CC2)c2cccc(Cl)c2)CN1Cc1ccccc1C(F)(F)F. The first-order valence-electron chi connectivity index (χ1n) is 14.9. The van der Waals surface area contributed by atoms with E-state index in [1.807, 2.05) is 12.1 Å². The summed E-state index contributed by atoms with van der Waals surface area (Å²) in [7, 11) is 0. The second-order valence-corrected chi connectivity index (χ2v) is 12.1.